The third kappa shape index (κ3) is 4.21. The second-order valence-electron chi connectivity index (χ2n) is 7.78. The minimum Gasteiger partial charge on any atom is -0.491 e. The highest BCUT2D eigenvalue weighted by atomic mass is 16.5. The number of hydrogen-bond donors (Lipinski definition) is 0. The minimum atomic E-state index is -0.313. The van der Waals surface area contributed by atoms with E-state index in [9.17, 15) is 14.4 Å². The van der Waals surface area contributed by atoms with Gasteiger partial charge in [-0.05, 0) is 31.2 Å². The van der Waals surface area contributed by atoms with Gasteiger partial charge in [0.2, 0.25) is 5.91 Å². The van der Waals surface area contributed by atoms with Crippen LogP contribution < -0.4 is 19.9 Å². The lowest BCUT2D eigenvalue weighted by atomic mass is 10.1. The average molecular weight is 463 g/mol. The molecule has 4 heterocycles. The van der Waals surface area contributed by atoms with Crippen LogP contribution in [-0.2, 0) is 17.9 Å². The molecule has 0 spiro atoms. The molecule has 0 saturated carbocycles. The van der Waals surface area contributed by atoms with Crippen LogP contribution >= 0.6 is 0 Å². The van der Waals surface area contributed by atoms with E-state index in [4.69, 9.17) is 9.47 Å². The van der Waals surface area contributed by atoms with Crippen molar-refractivity contribution in [3.05, 3.63) is 64.3 Å². The summed E-state index contributed by atoms with van der Waals surface area (Å²) >= 11 is 0. The van der Waals surface area contributed by atoms with Crippen molar-refractivity contribution in [3.63, 3.8) is 0 Å². The van der Waals surface area contributed by atoms with Gasteiger partial charge in [-0.3, -0.25) is 19.4 Å². The first-order chi connectivity index (χ1) is 16.4. The largest absolute Gasteiger partial charge is 0.491 e. The highest BCUT2D eigenvalue weighted by molar-refractivity contribution is 6.09. The number of anilines is 1. The summed E-state index contributed by atoms with van der Waals surface area (Å²) in [6.07, 6.45) is 3.16. The Labute approximate surface area is 196 Å². The van der Waals surface area contributed by atoms with E-state index in [0.29, 0.717) is 40.8 Å². The standard InChI is InChI=1S/C24H25N5O5/c1-5-27(2)22(31)14-28-12-16(6-9-21(28)30)29-13-19-17(24(29)32)7-8-18(26-19)15-10-20(33-3)23(34-4)25-11-15/h6-12H,5,13-14H2,1-4H3. The molecule has 2 amide bonds. The summed E-state index contributed by atoms with van der Waals surface area (Å²) in [7, 11) is 4.72. The topological polar surface area (TPSA) is 107 Å². The number of hydrogen-bond acceptors (Lipinski definition) is 7. The fourth-order valence-electron chi connectivity index (χ4n) is 3.67. The Hall–Kier alpha value is -4.21. The molecular weight excluding hydrogens is 438 g/mol. The molecule has 10 heteroatoms. The highest BCUT2D eigenvalue weighted by Gasteiger charge is 2.30. The predicted octanol–water partition coefficient (Wildman–Crippen LogP) is 1.96. The molecule has 1 aliphatic heterocycles. The number of rotatable bonds is 7. The molecule has 34 heavy (non-hydrogen) atoms. The van der Waals surface area contributed by atoms with E-state index in [2.05, 4.69) is 9.97 Å². The van der Waals surface area contributed by atoms with Gasteiger partial charge in [0.05, 0.1) is 43.4 Å². The summed E-state index contributed by atoms with van der Waals surface area (Å²) < 4.78 is 11.8. The number of pyridine rings is 3. The van der Waals surface area contributed by atoms with Gasteiger partial charge in [0, 0.05) is 37.6 Å². The lowest BCUT2D eigenvalue weighted by molar-refractivity contribution is -0.130. The average Bonchev–Trinajstić information content (AvgIpc) is 3.19. The van der Waals surface area contributed by atoms with Crippen LogP contribution in [0.4, 0.5) is 5.69 Å². The zero-order valence-electron chi connectivity index (χ0n) is 19.4. The van der Waals surface area contributed by atoms with E-state index < -0.39 is 0 Å². The first kappa shape index (κ1) is 23.0. The van der Waals surface area contributed by atoms with Crippen molar-refractivity contribution in [2.24, 2.45) is 0 Å². The van der Waals surface area contributed by atoms with Crippen LogP contribution in [0, 0.1) is 0 Å². The first-order valence-electron chi connectivity index (χ1n) is 10.7. The molecule has 0 radical (unpaired) electrons. The molecule has 0 fully saturated rings. The van der Waals surface area contributed by atoms with Gasteiger partial charge in [-0.25, -0.2) is 4.98 Å². The van der Waals surface area contributed by atoms with E-state index in [1.54, 1.807) is 37.5 Å². The predicted molar refractivity (Wildman–Crippen MR) is 125 cm³/mol. The molecule has 0 saturated heterocycles. The molecule has 0 aliphatic carbocycles. The van der Waals surface area contributed by atoms with Crippen molar-refractivity contribution in [3.8, 4) is 22.9 Å². The van der Waals surface area contributed by atoms with Crippen molar-refractivity contribution in [1.82, 2.24) is 19.4 Å². The fourth-order valence-corrected chi connectivity index (χ4v) is 3.67. The maximum Gasteiger partial charge on any atom is 0.260 e. The number of aromatic nitrogens is 3. The number of carbonyl (C=O) groups is 2. The van der Waals surface area contributed by atoms with Crippen LogP contribution in [0.15, 0.2) is 47.5 Å². The van der Waals surface area contributed by atoms with Crippen LogP contribution in [0.1, 0.15) is 23.0 Å². The Kier molecular flexibility index (Phi) is 6.31. The van der Waals surface area contributed by atoms with Gasteiger partial charge in [0.15, 0.2) is 5.75 Å². The maximum absolute atomic E-state index is 13.1. The number of fused-ring (bicyclic) bond motifs is 1. The molecular formula is C24H25N5O5. The smallest absolute Gasteiger partial charge is 0.260 e. The molecule has 3 aromatic heterocycles. The number of ether oxygens (including phenoxy) is 2. The first-order valence-corrected chi connectivity index (χ1v) is 10.7. The second-order valence-corrected chi connectivity index (χ2v) is 7.78. The molecule has 0 atom stereocenters. The normalized spacial score (nSPS) is 12.5. The van der Waals surface area contributed by atoms with Crippen molar-refractivity contribution in [2.45, 2.75) is 20.0 Å². The van der Waals surface area contributed by atoms with E-state index in [1.807, 2.05) is 6.92 Å². The minimum absolute atomic E-state index is 0.0965. The second kappa shape index (κ2) is 9.34. The van der Waals surface area contributed by atoms with Gasteiger partial charge in [-0.2, -0.15) is 0 Å². The van der Waals surface area contributed by atoms with Crippen LogP contribution in [-0.4, -0.2) is 59.1 Å². The molecule has 0 aromatic carbocycles. The Balaban J connectivity index is 1.62. The number of carbonyl (C=O) groups excluding carboxylic acids is 2. The molecule has 0 bridgehead atoms. The lowest BCUT2D eigenvalue weighted by Gasteiger charge is -2.18. The summed E-state index contributed by atoms with van der Waals surface area (Å²) in [5, 5.41) is 0. The maximum atomic E-state index is 13.1. The Morgan fingerprint density at radius 3 is 2.65 bits per heavy atom. The number of likely N-dealkylation sites (N-methyl/N-ethyl adjacent to an activating group) is 1. The monoisotopic (exact) mass is 463 g/mol. The van der Waals surface area contributed by atoms with Gasteiger partial charge in [0.1, 0.15) is 6.54 Å². The third-order valence-corrected chi connectivity index (χ3v) is 5.77. The summed E-state index contributed by atoms with van der Waals surface area (Å²) in [6.45, 7) is 2.54. The number of nitrogens with zero attached hydrogens (tertiary/aromatic N) is 5. The summed E-state index contributed by atoms with van der Waals surface area (Å²) in [4.78, 5) is 49.6. The van der Waals surface area contributed by atoms with Crippen molar-refractivity contribution >= 4 is 17.5 Å². The summed E-state index contributed by atoms with van der Waals surface area (Å²) in [5.41, 5.74) is 2.66. The van der Waals surface area contributed by atoms with Crippen molar-refractivity contribution in [2.75, 3.05) is 32.7 Å². The van der Waals surface area contributed by atoms with Gasteiger partial charge in [-0.15, -0.1) is 0 Å². The fraction of sp³-hybridized carbons (Fsp3) is 0.292. The quantitative estimate of drug-likeness (QED) is 0.527. The Morgan fingerprint density at radius 2 is 1.94 bits per heavy atom. The summed E-state index contributed by atoms with van der Waals surface area (Å²) in [6, 6.07) is 8.19. The van der Waals surface area contributed by atoms with Gasteiger partial charge in [0.25, 0.3) is 17.3 Å². The number of methoxy groups -OCH3 is 2. The van der Waals surface area contributed by atoms with E-state index in [-0.39, 0.29) is 30.5 Å². The Morgan fingerprint density at radius 1 is 1.15 bits per heavy atom. The van der Waals surface area contributed by atoms with E-state index in [0.717, 1.165) is 5.56 Å². The molecule has 0 unspecified atom stereocenters. The number of amides is 2. The van der Waals surface area contributed by atoms with Gasteiger partial charge < -0.3 is 23.8 Å². The Bertz CT molecular complexity index is 1320. The van der Waals surface area contributed by atoms with Crippen molar-refractivity contribution in [1.29, 1.82) is 0 Å². The van der Waals surface area contributed by atoms with Gasteiger partial charge >= 0.3 is 0 Å². The van der Waals surface area contributed by atoms with Crippen LogP contribution in [0.3, 0.4) is 0 Å². The molecule has 4 rings (SSSR count). The van der Waals surface area contributed by atoms with Crippen molar-refractivity contribution < 1.29 is 19.1 Å². The SMILES string of the molecule is CCN(C)C(=O)Cn1cc(N2Cc3nc(-c4cnc(OC)c(OC)c4)ccc3C2=O)ccc1=O. The van der Waals surface area contributed by atoms with Crippen LogP contribution in [0.5, 0.6) is 11.6 Å². The molecule has 3 aromatic rings. The van der Waals surface area contributed by atoms with E-state index >= 15 is 0 Å². The zero-order valence-corrected chi connectivity index (χ0v) is 19.4. The van der Waals surface area contributed by atoms with Crippen LogP contribution in [0.25, 0.3) is 11.3 Å². The van der Waals surface area contributed by atoms with Gasteiger partial charge in [-0.1, -0.05) is 0 Å². The highest BCUT2D eigenvalue weighted by Crippen LogP contribution is 2.32. The summed E-state index contributed by atoms with van der Waals surface area (Å²) in [5.74, 6) is 0.437. The lowest BCUT2D eigenvalue weighted by Crippen LogP contribution is -2.34. The van der Waals surface area contributed by atoms with Crippen LogP contribution in [0.2, 0.25) is 0 Å². The zero-order chi connectivity index (χ0) is 24.4. The molecule has 1 aliphatic rings. The third-order valence-electron chi connectivity index (χ3n) is 5.77. The molecule has 176 valence electrons. The van der Waals surface area contributed by atoms with E-state index in [1.165, 1.54) is 40.8 Å². The molecule has 0 N–H and O–H groups in total. The molecule has 10 nitrogen and oxygen atoms in total.